The van der Waals surface area contributed by atoms with E-state index in [1.54, 1.807) is 31.2 Å². The summed E-state index contributed by atoms with van der Waals surface area (Å²) < 4.78 is 5.65. The summed E-state index contributed by atoms with van der Waals surface area (Å²) in [5, 5.41) is 3.71. The van der Waals surface area contributed by atoms with Crippen LogP contribution in [0.1, 0.15) is 31.4 Å². The van der Waals surface area contributed by atoms with Crippen LogP contribution in [0.4, 0.5) is 0 Å². The molecule has 0 saturated carbocycles. The van der Waals surface area contributed by atoms with Crippen LogP contribution in [0.2, 0.25) is 10.0 Å². The van der Waals surface area contributed by atoms with Crippen LogP contribution in [0, 0.1) is 6.92 Å². The number of hydrogen-bond acceptors (Lipinski definition) is 3. The van der Waals surface area contributed by atoms with E-state index >= 15 is 0 Å². The number of ether oxygens (including phenoxy) is 1. The Labute approximate surface area is 181 Å². The maximum absolute atomic E-state index is 13.0. The van der Waals surface area contributed by atoms with Crippen LogP contribution in [-0.4, -0.2) is 35.9 Å². The van der Waals surface area contributed by atoms with E-state index in [2.05, 4.69) is 5.32 Å². The molecule has 2 amide bonds. The van der Waals surface area contributed by atoms with Gasteiger partial charge in [0.25, 0.3) is 5.91 Å². The number of carbonyl (C=O) groups is 2. The Bertz CT molecular complexity index is 837. The molecule has 0 bridgehead atoms. The minimum Gasteiger partial charge on any atom is -0.484 e. The topological polar surface area (TPSA) is 58.6 Å². The molecule has 0 unspecified atom stereocenters. The molecule has 2 aromatic carbocycles. The zero-order valence-corrected chi connectivity index (χ0v) is 18.4. The Hall–Kier alpha value is -2.24. The van der Waals surface area contributed by atoms with Crippen molar-refractivity contribution in [2.45, 2.75) is 39.8 Å². The minimum absolute atomic E-state index is 0.106. The molecule has 0 aromatic heterocycles. The van der Waals surface area contributed by atoms with Crippen LogP contribution in [0.25, 0.3) is 0 Å². The summed E-state index contributed by atoms with van der Waals surface area (Å²) in [6, 6.07) is 11.9. The fourth-order valence-corrected chi connectivity index (χ4v) is 3.28. The third-order valence-corrected chi connectivity index (χ3v) is 5.17. The third kappa shape index (κ3) is 6.65. The van der Waals surface area contributed by atoms with Crippen molar-refractivity contribution in [1.29, 1.82) is 0 Å². The number of nitrogens with one attached hydrogen (secondary N) is 1. The standard InChI is InChI=1S/C22H26Cl2N2O3/c1-4-11-25-22(28)16(3)26(13-18-19(23)9-6-10-20(18)24)21(27)14-29-17-8-5-7-15(2)12-17/h5-10,12,16H,4,11,13-14H2,1-3H3,(H,25,28)/t16-/m0/s1. The SMILES string of the molecule is CCCNC(=O)[C@H](C)N(Cc1c(Cl)cccc1Cl)C(=O)COc1cccc(C)c1. The number of benzene rings is 2. The minimum atomic E-state index is -0.706. The molecule has 1 atom stereocenters. The number of aryl methyl sites for hydroxylation is 1. The van der Waals surface area contributed by atoms with Gasteiger partial charge in [0.15, 0.2) is 6.61 Å². The molecule has 29 heavy (non-hydrogen) atoms. The maximum atomic E-state index is 13.0. The predicted octanol–water partition coefficient (Wildman–Crippen LogP) is 4.62. The Morgan fingerprint density at radius 1 is 1.14 bits per heavy atom. The fourth-order valence-electron chi connectivity index (χ4n) is 2.77. The summed E-state index contributed by atoms with van der Waals surface area (Å²) in [6.07, 6.45) is 0.805. The fraction of sp³-hybridized carbons (Fsp3) is 0.364. The molecular formula is C22H26Cl2N2O3. The van der Waals surface area contributed by atoms with Gasteiger partial charge in [-0.3, -0.25) is 9.59 Å². The number of rotatable bonds is 9. The summed E-state index contributed by atoms with van der Waals surface area (Å²) in [4.78, 5) is 26.9. The van der Waals surface area contributed by atoms with Gasteiger partial charge in [0.1, 0.15) is 11.8 Å². The van der Waals surface area contributed by atoms with Crippen LogP contribution in [-0.2, 0) is 16.1 Å². The van der Waals surface area contributed by atoms with E-state index in [1.165, 1.54) is 4.90 Å². The first-order chi connectivity index (χ1) is 13.8. The molecule has 0 aliphatic rings. The van der Waals surface area contributed by atoms with Crippen LogP contribution in [0.15, 0.2) is 42.5 Å². The summed E-state index contributed by atoms with van der Waals surface area (Å²) in [6.45, 7) is 6.04. The first-order valence-electron chi connectivity index (χ1n) is 9.53. The number of nitrogens with zero attached hydrogens (tertiary/aromatic N) is 1. The lowest BCUT2D eigenvalue weighted by Crippen LogP contribution is -2.49. The summed E-state index contributed by atoms with van der Waals surface area (Å²) in [5.41, 5.74) is 1.62. The first-order valence-corrected chi connectivity index (χ1v) is 10.3. The molecule has 2 aromatic rings. The van der Waals surface area contributed by atoms with Gasteiger partial charge in [0.2, 0.25) is 5.91 Å². The van der Waals surface area contributed by atoms with Gasteiger partial charge in [-0.05, 0) is 50.1 Å². The average molecular weight is 437 g/mol. The second-order valence-electron chi connectivity index (χ2n) is 6.79. The number of carbonyl (C=O) groups excluding carboxylic acids is 2. The molecule has 1 N–H and O–H groups in total. The Balaban J connectivity index is 2.20. The molecule has 0 radical (unpaired) electrons. The van der Waals surface area contributed by atoms with E-state index in [-0.39, 0.29) is 25.0 Å². The van der Waals surface area contributed by atoms with Gasteiger partial charge in [0, 0.05) is 28.7 Å². The van der Waals surface area contributed by atoms with Gasteiger partial charge in [-0.15, -0.1) is 0 Å². The number of hydrogen-bond donors (Lipinski definition) is 1. The van der Waals surface area contributed by atoms with E-state index in [0.717, 1.165) is 12.0 Å². The second kappa shape index (κ2) is 11.1. The van der Waals surface area contributed by atoms with E-state index < -0.39 is 6.04 Å². The normalized spacial score (nSPS) is 11.6. The molecule has 0 spiro atoms. The van der Waals surface area contributed by atoms with E-state index in [0.29, 0.717) is 27.9 Å². The zero-order valence-electron chi connectivity index (χ0n) is 16.9. The van der Waals surface area contributed by atoms with E-state index in [4.69, 9.17) is 27.9 Å². The molecule has 0 fully saturated rings. The Kier molecular flexibility index (Phi) is 8.80. The van der Waals surface area contributed by atoms with Crippen molar-refractivity contribution in [3.05, 3.63) is 63.6 Å². The lowest BCUT2D eigenvalue weighted by atomic mass is 10.1. The van der Waals surface area contributed by atoms with E-state index in [1.807, 2.05) is 32.0 Å². The molecule has 0 saturated heterocycles. The zero-order chi connectivity index (χ0) is 21.4. The van der Waals surface area contributed by atoms with Gasteiger partial charge >= 0.3 is 0 Å². The molecule has 0 aliphatic carbocycles. The summed E-state index contributed by atoms with van der Waals surface area (Å²) >= 11 is 12.6. The molecule has 156 valence electrons. The highest BCUT2D eigenvalue weighted by molar-refractivity contribution is 6.36. The Morgan fingerprint density at radius 3 is 2.41 bits per heavy atom. The number of amides is 2. The van der Waals surface area contributed by atoms with Gasteiger partial charge in [0.05, 0.1) is 0 Å². The molecule has 0 aliphatic heterocycles. The first kappa shape index (κ1) is 23.0. The van der Waals surface area contributed by atoms with Crippen molar-refractivity contribution in [2.24, 2.45) is 0 Å². The monoisotopic (exact) mass is 436 g/mol. The van der Waals surface area contributed by atoms with Crippen LogP contribution in [0.3, 0.4) is 0 Å². The summed E-state index contributed by atoms with van der Waals surface area (Å²) in [5.74, 6) is 0.0257. The van der Waals surface area contributed by atoms with Crippen molar-refractivity contribution in [2.75, 3.05) is 13.2 Å². The predicted molar refractivity (Wildman–Crippen MR) is 116 cm³/mol. The molecule has 7 heteroatoms. The lowest BCUT2D eigenvalue weighted by molar-refractivity contribution is -0.142. The largest absolute Gasteiger partial charge is 0.484 e. The van der Waals surface area contributed by atoms with Crippen molar-refractivity contribution in [3.8, 4) is 5.75 Å². The highest BCUT2D eigenvalue weighted by Crippen LogP contribution is 2.26. The van der Waals surface area contributed by atoms with Gasteiger partial charge in [-0.25, -0.2) is 0 Å². The highest BCUT2D eigenvalue weighted by atomic mass is 35.5. The summed E-state index contributed by atoms with van der Waals surface area (Å²) in [7, 11) is 0. The lowest BCUT2D eigenvalue weighted by Gasteiger charge is -2.29. The van der Waals surface area contributed by atoms with Crippen molar-refractivity contribution < 1.29 is 14.3 Å². The Morgan fingerprint density at radius 2 is 1.79 bits per heavy atom. The smallest absolute Gasteiger partial charge is 0.261 e. The maximum Gasteiger partial charge on any atom is 0.261 e. The van der Waals surface area contributed by atoms with E-state index in [9.17, 15) is 9.59 Å². The van der Waals surface area contributed by atoms with Crippen molar-refractivity contribution in [1.82, 2.24) is 10.2 Å². The molecule has 5 nitrogen and oxygen atoms in total. The molecule has 2 rings (SSSR count). The van der Waals surface area contributed by atoms with Gasteiger partial charge in [-0.1, -0.05) is 48.3 Å². The van der Waals surface area contributed by atoms with Crippen LogP contribution < -0.4 is 10.1 Å². The van der Waals surface area contributed by atoms with Gasteiger partial charge in [-0.2, -0.15) is 0 Å². The number of halogens is 2. The molecule has 0 heterocycles. The average Bonchev–Trinajstić information content (AvgIpc) is 2.69. The third-order valence-electron chi connectivity index (χ3n) is 4.46. The van der Waals surface area contributed by atoms with Crippen LogP contribution in [0.5, 0.6) is 5.75 Å². The van der Waals surface area contributed by atoms with Crippen LogP contribution >= 0.6 is 23.2 Å². The highest BCUT2D eigenvalue weighted by Gasteiger charge is 2.27. The molecular weight excluding hydrogens is 411 g/mol. The second-order valence-corrected chi connectivity index (χ2v) is 7.61. The van der Waals surface area contributed by atoms with Crippen molar-refractivity contribution in [3.63, 3.8) is 0 Å². The van der Waals surface area contributed by atoms with Gasteiger partial charge < -0.3 is 15.0 Å². The quantitative estimate of drug-likeness (QED) is 0.623. The van der Waals surface area contributed by atoms with Crippen molar-refractivity contribution >= 4 is 35.0 Å².